The van der Waals surface area contributed by atoms with E-state index in [9.17, 15) is 4.39 Å². The molecule has 0 atom stereocenters. The van der Waals surface area contributed by atoms with E-state index in [1.807, 2.05) is 0 Å². The molecule has 0 unspecified atom stereocenters. The lowest BCUT2D eigenvalue weighted by atomic mass is 10.3. The van der Waals surface area contributed by atoms with Gasteiger partial charge in [-0.2, -0.15) is 0 Å². The van der Waals surface area contributed by atoms with Crippen molar-refractivity contribution < 1.29 is 4.39 Å². The van der Waals surface area contributed by atoms with Crippen LogP contribution in [0.3, 0.4) is 0 Å². The minimum atomic E-state index is -0.522. The van der Waals surface area contributed by atoms with E-state index in [0.717, 1.165) is 5.03 Å². The summed E-state index contributed by atoms with van der Waals surface area (Å²) in [6.45, 7) is 0. The molecule has 0 aliphatic heterocycles. The maximum Gasteiger partial charge on any atom is 0.143 e. The predicted octanol–water partition coefficient (Wildman–Crippen LogP) is 3.00. The lowest BCUT2D eigenvalue weighted by Crippen LogP contribution is -1.91. The van der Waals surface area contributed by atoms with Crippen LogP contribution in [0.5, 0.6) is 0 Å². The van der Waals surface area contributed by atoms with Gasteiger partial charge < -0.3 is 5.73 Å². The Labute approximate surface area is 101 Å². The van der Waals surface area contributed by atoms with Crippen LogP contribution >= 0.6 is 23.4 Å². The monoisotopic (exact) mass is 255 g/mol. The first-order valence-electron chi connectivity index (χ1n) is 4.35. The minimum Gasteiger partial charge on any atom is -0.398 e. The van der Waals surface area contributed by atoms with Crippen LogP contribution < -0.4 is 5.73 Å². The number of halogens is 2. The van der Waals surface area contributed by atoms with Gasteiger partial charge in [0.1, 0.15) is 17.2 Å². The fourth-order valence-electron chi connectivity index (χ4n) is 1.08. The number of hydrogen-bond acceptors (Lipinski definition) is 4. The van der Waals surface area contributed by atoms with Gasteiger partial charge >= 0.3 is 0 Å². The highest BCUT2D eigenvalue weighted by atomic mass is 35.5. The number of nitrogens with zero attached hydrogens (tertiary/aromatic N) is 2. The van der Waals surface area contributed by atoms with Gasteiger partial charge in [-0.25, -0.2) is 14.4 Å². The Bertz CT molecular complexity index is 507. The Kier molecular flexibility index (Phi) is 3.26. The number of anilines is 1. The SMILES string of the molecule is Nc1cc(F)c(Cl)cc1Sc1ccncn1. The van der Waals surface area contributed by atoms with Crippen LogP contribution in [0.15, 0.2) is 40.6 Å². The van der Waals surface area contributed by atoms with Crippen molar-refractivity contribution >= 4 is 29.1 Å². The standard InChI is InChI=1S/C10H7ClFN3S/c11-6-3-9(8(13)4-7(6)12)16-10-1-2-14-5-15-10/h1-5H,13H2. The second kappa shape index (κ2) is 4.67. The zero-order valence-corrected chi connectivity index (χ0v) is 9.60. The molecule has 0 aliphatic rings. The number of rotatable bonds is 2. The van der Waals surface area contributed by atoms with Gasteiger partial charge in [-0.15, -0.1) is 0 Å². The predicted molar refractivity (Wildman–Crippen MR) is 62.0 cm³/mol. The normalized spacial score (nSPS) is 10.4. The summed E-state index contributed by atoms with van der Waals surface area (Å²) < 4.78 is 13.1. The molecule has 6 heteroatoms. The van der Waals surface area contributed by atoms with E-state index in [0.29, 0.717) is 10.6 Å². The van der Waals surface area contributed by atoms with Crippen molar-refractivity contribution in [2.45, 2.75) is 9.92 Å². The molecule has 2 aromatic rings. The molecule has 82 valence electrons. The quantitative estimate of drug-likeness (QED) is 0.662. The summed E-state index contributed by atoms with van der Waals surface area (Å²) in [6, 6.07) is 4.42. The van der Waals surface area contributed by atoms with Gasteiger partial charge in [-0.1, -0.05) is 23.4 Å². The third-order valence-corrected chi connectivity index (χ3v) is 3.14. The molecule has 2 rings (SSSR count). The van der Waals surface area contributed by atoms with Crippen molar-refractivity contribution in [3.63, 3.8) is 0 Å². The second-order valence-electron chi connectivity index (χ2n) is 2.95. The van der Waals surface area contributed by atoms with Gasteiger partial charge in [0.25, 0.3) is 0 Å². The van der Waals surface area contributed by atoms with Gasteiger partial charge in [0.2, 0.25) is 0 Å². The van der Waals surface area contributed by atoms with Gasteiger partial charge in [0.05, 0.1) is 5.02 Å². The van der Waals surface area contributed by atoms with E-state index < -0.39 is 5.82 Å². The fourth-order valence-corrected chi connectivity index (χ4v) is 2.12. The maximum absolute atomic E-state index is 13.1. The van der Waals surface area contributed by atoms with Crippen LogP contribution in [-0.2, 0) is 0 Å². The van der Waals surface area contributed by atoms with E-state index in [-0.39, 0.29) is 5.02 Å². The molecule has 1 aromatic carbocycles. The summed E-state index contributed by atoms with van der Waals surface area (Å²) in [4.78, 5) is 8.50. The van der Waals surface area contributed by atoms with Crippen LogP contribution in [0, 0.1) is 5.82 Å². The molecule has 0 spiro atoms. The molecule has 3 nitrogen and oxygen atoms in total. The molecule has 1 heterocycles. The smallest absolute Gasteiger partial charge is 0.143 e. The second-order valence-corrected chi connectivity index (χ2v) is 4.42. The Hall–Kier alpha value is -1.33. The molecule has 0 aliphatic carbocycles. The molecule has 0 fully saturated rings. The number of nitrogens with two attached hydrogens (primary N) is 1. The molecule has 16 heavy (non-hydrogen) atoms. The van der Waals surface area contributed by atoms with Crippen LogP contribution in [0.4, 0.5) is 10.1 Å². The first kappa shape index (κ1) is 11.2. The largest absolute Gasteiger partial charge is 0.398 e. The summed E-state index contributed by atoms with van der Waals surface area (Å²) in [6.07, 6.45) is 3.06. The van der Waals surface area contributed by atoms with Crippen molar-refractivity contribution in [2.24, 2.45) is 0 Å². The lowest BCUT2D eigenvalue weighted by Gasteiger charge is -2.05. The Morgan fingerprint density at radius 1 is 1.38 bits per heavy atom. The molecule has 0 radical (unpaired) electrons. The first-order valence-corrected chi connectivity index (χ1v) is 5.54. The van der Waals surface area contributed by atoms with Crippen LogP contribution in [0.25, 0.3) is 0 Å². The maximum atomic E-state index is 13.1. The summed E-state index contributed by atoms with van der Waals surface area (Å²) in [5, 5.41) is 0.773. The van der Waals surface area contributed by atoms with E-state index in [1.165, 1.54) is 30.2 Å². The van der Waals surface area contributed by atoms with Crippen LogP contribution in [0.2, 0.25) is 5.02 Å². The van der Waals surface area contributed by atoms with Gasteiger partial charge in [-0.05, 0) is 18.2 Å². The van der Waals surface area contributed by atoms with Crippen LogP contribution in [0.1, 0.15) is 0 Å². The van der Waals surface area contributed by atoms with E-state index in [1.54, 1.807) is 12.3 Å². The molecular weight excluding hydrogens is 249 g/mol. The van der Waals surface area contributed by atoms with Gasteiger partial charge in [0, 0.05) is 16.8 Å². The van der Waals surface area contributed by atoms with Crippen LogP contribution in [-0.4, -0.2) is 9.97 Å². The van der Waals surface area contributed by atoms with Gasteiger partial charge in [0.15, 0.2) is 0 Å². The third-order valence-electron chi connectivity index (χ3n) is 1.82. The molecule has 1 aromatic heterocycles. The number of benzene rings is 1. The van der Waals surface area contributed by atoms with Crippen molar-refractivity contribution in [3.05, 3.63) is 41.6 Å². The Balaban J connectivity index is 2.32. The highest BCUT2D eigenvalue weighted by molar-refractivity contribution is 7.99. The van der Waals surface area contributed by atoms with Crippen molar-refractivity contribution in [1.29, 1.82) is 0 Å². The molecule has 0 amide bonds. The van der Waals surface area contributed by atoms with E-state index >= 15 is 0 Å². The lowest BCUT2D eigenvalue weighted by molar-refractivity contribution is 0.628. The highest BCUT2D eigenvalue weighted by Crippen LogP contribution is 2.33. The van der Waals surface area contributed by atoms with Crippen molar-refractivity contribution in [1.82, 2.24) is 9.97 Å². The summed E-state index contributed by atoms with van der Waals surface area (Å²) in [5.74, 6) is -0.522. The molecule has 2 N–H and O–H groups in total. The Morgan fingerprint density at radius 2 is 2.19 bits per heavy atom. The highest BCUT2D eigenvalue weighted by Gasteiger charge is 2.08. The summed E-state index contributed by atoms with van der Waals surface area (Å²) in [7, 11) is 0. The topological polar surface area (TPSA) is 51.8 Å². The molecular formula is C10H7ClFN3S. The first-order chi connectivity index (χ1) is 7.66. The zero-order chi connectivity index (χ0) is 11.5. The van der Waals surface area contributed by atoms with Crippen molar-refractivity contribution in [3.8, 4) is 0 Å². The van der Waals surface area contributed by atoms with E-state index in [4.69, 9.17) is 17.3 Å². The summed E-state index contributed by atoms with van der Waals surface area (Å²) in [5.41, 5.74) is 6.01. The van der Waals surface area contributed by atoms with Crippen molar-refractivity contribution in [2.75, 3.05) is 5.73 Å². The Morgan fingerprint density at radius 3 is 2.88 bits per heavy atom. The average molecular weight is 256 g/mol. The van der Waals surface area contributed by atoms with Gasteiger partial charge in [-0.3, -0.25) is 0 Å². The third kappa shape index (κ3) is 2.43. The molecule has 0 saturated heterocycles. The summed E-state index contributed by atoms with van der Waals surface area (Å²) >= 11 is 6.99. The number of nitrogen functional groups attached to an aromatic ring is 1. The average Bonchev–Trinajstić information content (AvgIpc) is 2.27. The molecule has 0 bridgehead atoms. The number of aromatic nitrogens is 2. The molecule has 0 saturated carbocycles. The van der Waals surface area contributed by atoms with E-state index in [2.05, 4.69) is 9.97 Å². The number of hydrogen-bond donors (Lipinski definition) is 1. The zero-order valence-electron chi connectivity index (χ0n) is 8.02. The fraction of sp³-hybridized carbons (Fsp3) is 0. The minimum absolute atomic E-state index is 0.0470.